The number of rotatable bonds is 7. The van der Waals surface area contributed by atoms with Crippen molar-refractivity contribution in [3.63, 3.8) is 0 Å². The van der Waals surface area contributed by atoms with Crippen LogP contribution in [0.25, 0.3) is 0 Å². The lowest BCUT2D eigenvalue weighted by Crippen LogP contribution is -2.26. The second kappa shape index (κ2) is 9.43. The summed E-state index contributed by atoms with van der Waals surface area (Å²) in [5, 5.41) is 5.63. The van der Waals surface area contributed by atoms with Crippen molar-refractivity contribution < 1.29 is 23.8 Å². The molecule has 1 heterocycles. The van der Waals surface area contributed by atoms with Crippen molar-refractivity contribution in [3.8, 4) is 17.2 Å². The highest BCUT2D eigenvalue weighted by Crippen LogP contribution is 2.32. The summed E-state index contributed by atoms with van der Waals surface area (Å²) in [6.07, 6.45) is 0. The Bertz CT molecular complexity index is 1160. The predicted octanol–water partition coefficient (Wildman–Crippen LogP) is 3.98. The number of hydrogen-bond acceptors (Lipinski definition) is 5. The summed E-state index contributed by atoms with van der Waals surface area (Å²) >= 11 is 0. The average Bonchev–Trinajstić information content (AvgIpc) is 3.26. The Morgan fingerprint density at radius 3 is 2.59 bits per heavy atom. The van der Waals surface area contributed by atoms with Gasteiger partial charge in [-0.3, -0.25) is 9.59 Å². The summed E-state index contributed by atoms with van der Waals surface area (Å²) in [6, 6.07) is 18.0. The first-order valence-electron chi connectivity index (χ1n) is 10.3. The number of fused-ring (bicyclic) bond motifs is 1. The van der Waals surface area contributed by atoms with Crippen LogP contribution in [-0.4, -0.2) is 25.2 Å². The Hall–Kier alpha value is -4.00. The van der Waals surface area contributed by atoms with Crippen LogP contribution in [0, 0.1) is 13.8 Å². The van der Waals surface area contributed by atoms with Gasteiger partial charge in [0, 0.05) is 6.54 Å². The first-order valence-corrected chi connectivity index (χ1v) is 10.3. The standard InChI is InChI=1S/C25H24N2O5/c1-16-7-9-19(11-17(16)2)30-14-24(28)27-21-6-4-3-5-20(21)25(29)26-13-18-8-10-22-23(12-18)32-15-31-22/h3-12H,13-15H2,1-2H3,(H,26,29)(H,27,28). The van der Waals surface area contributed by atoms with E-state index >= 15 is 0 Å². The number of amides is 2. The maximum Gasteiger partial charge on any atom is 0.262 e. The molecule has 32 heavy (non-hydrogen) atoms. The van der Waals surface area contributed by atoms with Gasteiger partial charge in [0.05, 0.1) is 11.3 Å². The number of carbonyl (C=O) groups is 2. The van der Waals surface area contributed by atoms with E-state index in [1.165, 1.54) is 0 Å². The molecule has 0 radical (unpaired) electrons. The van der Waals surface area contributed by atoms with E-state index in [-0.39, 0.29) is 25.2 Å². The molecule has 7 nitrogen and oxygen atoms in total. The minimum atomic E-state index is -0.348. The highest BCUT2D eigenvalue weighted by Gasteiger charge is 2.16. The second-order valence-electron chi connectivity index (χ2n) is 7.50. The molecule has 0 aliphatic carbocycles. The normalized spacial score (nSPS) is 11.7. The van der Waals surface area contributed by atoms with Crippen molar-refractivity contribution in [2.24, 2.45) is 0 Å². The summed E-state index contributed by atoms with van der Waals surface area (Å²) in [7, 11) is 0. The smallest absolute Gasteiger partial charge is 0.262 e. The molecule has 2 N–H and O–H groups in total. The zero-order valence-electron chi connectivity index (χ0n) is 17.9. The molecule has 0 saturated heterocycles. The summed E-state index contributed by atoms with van der Waals surface area (Å²) in [5.41, 5.74) is 3.91. The molecule has 0 aromatic heterocycles. The highest BCUT2D eigenvalue weighted by atomic mass is 16.7. The van der Waals surface area contributed by atoms with Gasteiger partial charge in [-0.05, 0) is 66.9 Å². The number of benzene rings is 3. The second-order valence-corrected chi connectivity index (χ2v) is 7.50. The Kier molecular flexibility index (Phi) is 6.26. The van der Waals surface area contributed by atoms with Crippen molar-refractivity contribution in [2.75, 3.05) is 18.7 Å². The van der Waals surface area contributed by atoms with E-state index in [1.807, 2.05) is 50.2 Å². The Morgan fingerprint density at radius 2 is 1.75 bits per heavy atom. The largest absolute Gasteiger partial charge is 0.484 e. The summed E-state index contributed by atoms with van der Waals surface area (Å²) in [4.78, 5) is 25.2. The van der Waals surface area contributed by atoms with Crippen LogP contribution in [0.3, 0.4) is 0 Å². The molecule has 7 heteroatoms. The number of hydrogen-bond donors (Lipinski definition) is 2. The fraction of sp³-hybridized carbons (Fsp3) is 0.200. The Labute approximate surface area is 186 Å². The molecule has 3 aromatic carbocycles. The average molecular weight is 432 g/mol. The van der Waals surface area contributed by atoms with Gasteiger partial charge in [0.25, 0.3) is 11.8 Å². The number of nitrogens with one attached hydrogen (secondary N) is 2. The SMILES string of the molecule is Cc1ccc(OCC(=O)Nc2ccccc2C(=O)NCc2ccc3c(c2)OCO3)cc1C. The van der Waals surface area contributed by atoms with Gasteiger partial charge in [-0.25, -0.2) is 0 Å². The van der Waals surface area contributed by atoms with E-state index in [9.17, 15) is 9.59 Å². The fourth-order valence-electron chi connectivity index (χ4n) is 3.26. The van der Waals surface area contributed by atoms with Gasteiger partial charge in [-0.1, -0.05) is 24.3 Å². The van der Waals surface area contributed by atoms with Crippen molar-refractivity contribution in [1.82, 2.24) is 5.32 Å². The zero-order chi connectivity index (χ0) is 22.5. The molecular formula is C25H24N2O5. The predicted molar refractivity (Wildman–Crippen MR) is 120 cm³/mol. The Balaban J connectivity index is 1.35. The van der Waals surface area contributed by atoms with Crippen molar-refractivity contribution >= 4 is 17.5 Å². The fourth-order valence-corrected chi connectivity index (χ4v) is 3.26. The monoisotopic (exact) mass is 432 g/mol. The van der Waals surface area contributed by atoms with Gasteiger partial charge >= 0.3 is 0 Å². The molecule has 4 rings (SSSR count). The molecule has 0 bridgehead atoms. The van der Waals surface area contributed by atoms with Gasteiger partial charge in [0.15, 0.2) is 18.1 Å². The molecule has 3 aromatic rings. The number of anilines is 1. The number of carbonyl (C=O) groups excluding carboxylic acids is 2. The molecule has 0 saturated carbocycles. The third kappa shape index (κ3) is 5.00. The zero-order valence-corrected chi connectivity index (χ0v) is 17.9. The third-order valence-corrected chi connectivity index (χ3v) is 5.18. The van der Waals surface area contributed by atoms with Crippen LogP contribution in [0.5, 0.6) is 17.2 Å². The maximum absolute atomic E-state index is 12.8. The van der Waals surface area contributed by atoms with Crippen LogP contribution in [0.1, 0.15) is 27.0 Å². The van der Waals surface area contributed by atoms with E-state index in [0.29, 0.717) is 35.0 Å². The van der Waals surface area contributed by atoms with E-state index in [2.05, 4.69) is 10.6 Å². The van der Waals surface area contributed by atoms with Crippen LogP contribution < -0.4 is 24.8 Å². The van der Waals surface area contributed by atoms with Gasteiger partial charge < -0.3 is 24.8 Å². The lowest BCUT2D eigenvalue weighted by atomic mass is 10.1. The van der Waals surface area contributed by atoms with Crippen LogP contribution in [0.15, 0.2) is 60.7 Å². The summed E-state index contributed by atoms with van der Waals surface area (Å²) in [5.74, 6) is 1.33. The lowest BCUT2D eigenvalue weighted by molar-refractivity contribution is -0.118. The van der Waals surface area contributed by atoms with Gasteiger partial charge in [-0.15, -0.1) is 0 Å². The van der Waals surface area contributed by atoms with Gasteiger partial charge in [0.1, 0.15) is 5.75 Å². The maximum atomic E-state index is 12.8. The molecule has 1 aliphatic rings. The summed E-state index contributed by atoms with van der Waals surface area (Å²) in [6.45, 7) is 4.36. The minimum Gasteiger partial charge on any atom is -0.484 e. The molecule has 0 spiro atoms. The summed E-state index contributed by atoms with van der Waals surface area (Å²) < 4.78 is 16.2. The van der Waals surface area contributed by atoms with Crippen molar-refractivity contribution in [1.29, 1.82) is 0 Å². The molecular weight excluding hydrogens is 408 g/mol. The molecule has 1 aliphatic heterocycles. The van der Waals surface area contributed by atoms with Crippen LogP contribution in [0.2, 0.25) is 0 Å². The topological polar surface area (TPSA) is 85.9 Å². The first kappa shape index (κ1) is 21.2. The first-order chi connectivity index (χ1) is 15.5. The van der Waals surface area contributed by atoms with Crippen LogP contribution in [-0.2, 0) is 11.3 Å². The molecule has 0 fully saturated rings. The quantitative estimate of drug-likeness (QED) is 0.590. The van der Waals surface area contributed by atoms with Gasteiger partial charge in [-0.2, -0.15) is 0 Å². The van der Waals surface area contributed by atoms with Crippen molar-refractivity contribution in [2.45, 2.75) is 20.4 Å². The molecule has 0 unspecified atom stereocenters. The number of aryl methyl sites for hydroxylation is 2. The third-order valence-electron chi connectivity index (χ3n) is 5.18. The van der Waals surface area contributed by atoms with Gasteiger partial charge in [0.2, 0.25) is 6.79 Å². The van der Waals surface area contributed by atoms with E-state index < -0.39 is 0 Å². The molecule has 2 amide bonds. The number of ether oxygens (including phenoxy) is 3. The van der Waals surface area contributed by atoms with Crippen molar-refractivity contribution in [3.05, 3.63) is 82.9 Å². The van der Waals surface area contributed by atoms with Crippen LogP contribution >= 0.6 is 0 Å². The van der Waals surface area contributed by atoms with E-state index in [4.69, 9.17) is 14.2 Å². The molecule has 0 atom stereocenters. The molecule has 164 valence electrons. The number of para-hydroxylation sites is 1. The van der Waals surface area contributed by atoms with Crippen LogP contribution in [0.4, 0.5) is 5.69 Å². The van der Waals surface area contributed by atoms with E-state index in [0.717, 1.165) is 16.7 Å². The highest BCUT2D eigenvalue weighted by molar-refractivity contribution is 6.04. The minimum absolute atomic E-state index is 0.157. The Morgan fingerprint density at radius 1 is 0.938 bits per heavy atom. The lowest BCUT2D eigenvalue weighted by Gasteiger charge is -2.13. The van der Waals surface area contributed by atoms with E-state index in [1.54, 1.807) is 24.3 Å².